The lowest BCUT2D eigenvalue weighted by atomic mass is 9.76. The summed E-state index contributed by atoms with van der Waals surface area (Å²) in [5, 5.41) is 0. The first-order valence-electron chi connectivity index (χ1n) is 12.0. The average molecular weight is 709 g/mol. The van der Waals surface area contributed by atoms with Gasteiger partial charge in [0.15, 0.2) is 0 Å². The predicted molar refractivity (Wildman–Crippen MR) is 139 cm³/mol. The Hall–Kier alpha value is -1.94. The van der Waals surface area contributed by atoms with E-state index in [4.69, 9.17) is 39.0 Å². The molecule has 18 heteroatoms. The fourth-order valence-corrected chi connectivity index (χ4v) is 5.70. The van der Waals surface area contributed by atoms with Crippen molar-refractivity contribution in [2.24, 2.45) is 0 Å². The summed E-state index contributed by atoms with van der Waals surface area (Å²) >= 11 is 17.2. The minimum atomic E-state index is -5.14. The zero-order chi connectivity index (χ0) is 32.8. The fourth-order valence-electron chi connectivity index (χ4n) is 4.82. The van der Waals surface area contributed by atoms with Gasteiger partial charge in [-0.05, 0) is 48.2 Å². The quantitative estimate of drug-likeness (QED) is 0.169. The van der Waals surface area contributed by atoms with Crippen LogP contribution in [0.2, 0.25) is 0 Å². The Morgan fingerprint density at radius 2 is 1.44 bits per heavy atom. The predicted octanol–water partition coefficient (Wildman–Crippen LogP) is 7.65. The van der Waals surface area contributed by atoms with Crippen LogP contribution in [0.25, 0.3) is 0 Å². The number of halogens is 12. The van der Waals surface area contributed by atoms with Crippen molar-refractivity contribution in [1.29, 1.82) is 0 Å². The molecule has 1 atom stereocenters. The molecule has 0 spiro atoms. The van der Waals surface area contributed by atoms with Crippen LogP contribution in [-0.2, 0) is 53.3 Å². The van der Waals surface area contributed by atoms with E-state index in [1.165, 1.54) is 6.07 Å². The standard InChI is InChI=1S/C25H21Cl3F9NO4S/c1-43(40,41)42-7-5-21(15-2-3-18(22(26,27)28)19(12-15)25(35,36)37)4-6-38(13-21)20(39)10-14-8-16(23(29,30)31)11-17(9-14)24(32,33)34/h2-3,8-9,11-12H,4-7,10,13H2,1H3/t21-/m1/s1. The molecule has 0 aliphatic carbocycles. The van der Waals surface area contributed by atoms with E-state index in [9.17, 15) is 52.7 Å². The molecule has 1 heterocycles. The Kier molecular flexibility index (Phi) is 10.0. The van der Waals surface area contributed by atoms with Gasteiger partial charge < -0.3 is 4.90 Å². The number of benzene rings is 2. The van der Waals surface area contributed by atoms with Crippen LogP contribution >= 0.6 is 34.8 Å². The third-order valence-electron chi connectivity index (χ3n) is 6.83. The van der Waals surface area contributed by atoms with Gasteiger partial charge in [-0.2, -0.15) is 47.9 Å². The monoisotopic (exact) mass is 707 g/mol. The lowest BCUT2D eigenvalue weighted by Crippen LogP contribution is -2.36. The highest BCUT2D eigenvalue weighted by molar-refractivity contribution is 7.85. The number of carbonyl (C=O) groups is 1. The highest BCUT2D eigenvalue weighted by atomic mass is 35.6. The molecule has 0 N–H and O–H groups in total. The molecule has 0 unspecified atom stereocenters. The van der Waals surface area contributed by atoms with Crippen LogP contribution in [0.1, 0.15) is 46.2 Å². The molecule has 1 aliphatic rings. The second-order valence-corrected chi connectivity index (χ2v) is 13.9. The molecular formula is C25H21Cl3F9NO4S. The third-order valence-corrected chi connectivity index (χ3v) is 8.04. The molecule has 3 rings (SSSR count). The molecule has 0 saturated carbocycles. The number of nitrogens with zero attached hydrogens (tertiary/aromatic N) is 1. The number of carbonyl (C=O) groups excluding carboxylic acids is 1. The van der Waals surface area contributed by atoms with Crippen molar-refractivity contribution in [3.8, 4) is 0 Å². The summed E-state index contributed by atoms with van der Waals surface area (Å²) in [6.45, 7) is -1.05. The van der Waals surface area contributed by atoms with Crippen LogP contribution in [0.3, 0.4) is 0 Å². The van der Waals surface area contributed by atoms with E-state index in [-0.39, 0.29) is 37.6 Å². The lowest BCUT2D eigenvalue weighted by molar-refractivity contribution is -0.143. The van der Waals surface area contributed by atoms with Crippen LogP contribution in [0, 0.1) is 0 Å². The highest BCUT2D eigenvalue weighted by Crippen LogP contribution is 2.48. The number of hydrogen-bond acceptors (Lipinski definition) is 4. The molecule has 1 aliphatic heterocycles. The summed E-state index contributed by atoms with van der Waals surface area (Å²) in [6.07, 6.45) is -15.7. The van der Waals surface area contributed by atoms with Crippen LogP contribution in [-0.4, -0.2) is 45.2 Å². The molecule has 43 heavy (non-hydrogen) atoms. The maximum atomic E-state index is 14.0. The van der Waals surface area contributed by atoms with E-state index in [2.05, 4.69) is 0 Å². The second kappa shape index (κ2) is 12.1. The first-order valence-corrected chi connectivity index (χ1v) is 15.0. The van der Waals surface area contributed by atoms with Gasteiger partial charge in [-0.3, -0.25) is 8.98 Å². The molecule has 1 saturated heterocycles. The van der Waals surface area contributed by atoms with Crippen LogP contribution in [0.5, 0.6) is 0 Å². The summed E-state index contributed by atoms with van der Waals surface area (Å²) in [5.41, 5.74) is -7.26. The van der Waals surface area contributed by atoms with Gasteiger partial charge in [0.1, 0.15) is 0 Å². The van der Waals surface area contributed by atoms with E-state index in [0.29, 0.717) is 18.2 Å². The normalized spacial score (nSPS) is 18.8. The van der Waals surface area contributed by atoms with Crippen molar-refractivity contribution in [2.75, 3.05) is 26.0 Å². The summed E-state index contributed by atoms with van der Waals surface area (Å²) in [7, 11) is -3.98. The maximum absolute atomic E-state index is 14.0. The van der Waals surface area contributed by atoms with Gasteiger partial charge in [-0.25, -0.2) is 0 Å². The second-order valence-electron chi connectivity index (χ2n) is 9.97. The Morgan fingerprint density at radius 3 is 1.91 bits per heavy atom. The molecule has 5 nitrogen and oxygen atoms in total. The van der Waals surface area contributed by atoms with E-state index in [1.54, 1.807) is 0 Å². The molecule has 0 radical (unpaired) electrons. The fraction of sp³-hybridized carbons (Fsp3) is 0.480. The number of hydrogen-bond donors (Lipinski definition) is 0. The van der Waals surface area contributed by atoms with Crippen LogP contribution in [0.15, 0.2) is 36.4 Å². The van der Waals surface area contributed by atoms with E-state index >= 15 is 0 Å². The Labute approximate surface area is 254 Å². The molecule has 2 aromatic carbocycles. The molecular weight excluding hydrogens is 688 g/mol. The molecule has 0 aromatic heterocycles. The molecule has 1 fully saturated rings. The van der Waals surface area contributed by atoms with Crippen molar-refractivity contribution in [1.82, 2.24) is 4.90 Å². The van der Waals surface area contributed by atoms with Gasteiger partial charge in [0.25, 0.3) is 10.1 Å². The lowest BCUT2D eigenvalue weighted by Gasteiger charge is -2.31. The van der Waals surface area contributed by atoms with E-state index in [0.717, 1.165) is 17.2 Å². The van der Waals surface area contributed by atoms with Gasteiger partial charge in [0.05, 0.1) is 36.0 Å². The van der Waals surface area contributed by atoms with Gasteiger partial charge in [0, 0.05) is 24.1 Å². The Balaban J connectivity index is 2.00. The maximum Gasteiger partial charge on any atom is 0.416 e. The molecule has 1 amide bonds. The smallest absolute Gasteiger partial charge is 0.341 e. The molecule has 0 bridgehead atoms. The number of alkyl halides is 12. The van der Waals surface area contributed by atoms with Crippen molar-refractivity contribution in [3.05, 3.63) is 69.8 Å². The van der Waals surface area contributed by atoms with Crippen molar-refractivity contribution in [2.45, 2.75) is 47.0 Å². The molecule has 2 aromatic rings. The molecule has 240 valence electrons. The SMILES string of the molecule is CS(=O)(=O)OCC[C@]1(c2ccc(C(Cl)(Cl)Cl)c(C(F)(F)F)c2)CCN(C(=O)Cc2cc(C(F)(F)F)cc(C(F)(F)F)c2)C1. The minimum Gasteiger partial charge on any atom is -0.341 e. The first-order chi connectivity index (χ1) is 19.3. The van der Waals surface area contributed by atoms with Crippen molar-refractivity contribution < 1.29 is 56.9 Å². The summed E-state index contributed by atoms with van der Waals surface area (Å²) in [5.74, 6) is -0.910. The van der Waals surface area contributed by atoms with Crippen molar-refractivity contribution in [3.63, 3.8) is 0 Å². The first kappa shape index (κ1) is 35.5. The van der Waals surface area contributed by atoms with Gasteiger partial charge in [-0.1, -0.05) is 46.9 Å². The van der Waals surface area contributed by atoms with Gasteiger partial charge in [0.2, 0.25) is 9.70 Å². The van der Waals surface area contributed by atoms with E-state index in [1.807, 2.05) is 0 Å². The number of amides is 1. The highest BCUT2D eigenvalue weighted by Gasteiger charge is 2.45. The minimum absolute atomic E-state index is 0.0383. The Morgan fingerprint density at radius 1 is 0.884 bits per heavy atom. The van der Waals surface area contributed by atoms with Gasteiger partial charge in [-0.15, -0.1) is 0 Å². The largest absolute Gasteiger partial charge is 0.416 e. The average Bonchev–Trinajstić information content (AvgIpc) is 3.26. The van der Waals surface area contributed by atoms with E-state index < -0.39 is 84.6 Å². The summed E-state index contributed by atoms with van der Waals surface area (Å²) in [4.78, 5) is 14.2. The van der Waals surface area contributed by atoms with Crippen LogP contribution < -0.4 is 0 Å². The third kappa shape index (κ3) is 9.05. The number of rotatable bonds is 7. The summed E-state index contributed by atoms with van der Waals surface area (Å²) < 4.78 is 147. The Bertz CT molecular complexity index is 1440. The van der Waals surface area contributed by atoms with Gasteiger partial charge >= 0.3 is 18.5 Å². The summed E-state index contributed by atoms with van der Waals surface area (Å²) in [6, 6.07) is 3.52. The van der Waals surface area contributed by atoms with Crippen molar-refractivity contribution >= 4 is 50.8 Å². The van der Waals surface area contributed by atoms with Crippen LogP contribution in [0.4, 0.5) is 39.5 Å². The number of likely N-dealkylation sites (tertiary alicyclic amines) is 1. The zero-order valence-electron chi connectivity index (χ0n) is 21.7. The zero-order valence-corrected chi connectivity index (χ0v) is 24.8. The topological polar surface area (TPSA) is 63.7 Å².